The maximum Gasteiger partial charge on any atom is 0.338 e. The van der Waals surface area contributed by atoms with Crippen molar-refractivity contribution in [3.05, 3.63) is 74.7 Å². The molecule has 0 aliphatic rings. The van der Waals surface area contributed by atoms with E-state index in [1.807, 2.05) is 38.1 Å². The molecule has 0 N–H and O–H groups in total. The van der Waals surface area contributed by atoms with Gasteiger partial charge in [0.15, 0.2) is 0 Å². The second kappa shape index (κ2) is 7.56. The van der Waals surface area contributed by atoms with Gasteiger partial charge in [-0.05, 0) is 50.2 Å². The van der Waals surface area contributed by atoms with Crippen LogP contribution in [0.25, 0.3) is 10.6 Å². The molecular weight excluding hydrogens is 377 g/mol. The lowest BCUT2D eigenvalue weighted by atomic mass is 10.2. The highest BCUT2D eigenvalue weighted by Gasteiger charge is 2.19. The summed E-state index contributed by atoms with van der Waals surface area (Å²) in [6.45, 7) is 3.76. The standard InChI is InChI=1S/C19H15Cl2NO2S/c1-11-17(25-18(22-11)13-3-7-15(20)8-4-13)12(2)24-19(23)14-5-9-16(21)10-6-14/h3-10,12H,1-2H3/t12-/m0/s1. The van der Waals surface area contributed by atoms with Gasteiger partial charge in [-0.1, -0.05) is 35.3 Å². The molecule has 0 spiro atoms. The van der Waals surface area contributed by atoms with Gasteiger partial charge < -0.3 is 4.74 Å². The zero-order chi connectivity index (χ0) is 18.0. The molecule has 0 aliphatic heterocycles. The molecule has 0 amide bonds. The fraction of sp³-hybridized carbons (Fsp3) is 0.158. The van der Waals surface area contributed by atoms with Crippen molar-refractivity contribution in [3.8, 4) is 10.6 Å². The summed E-state index contributed by atoms with van der Waals surface area (Å²) >= 11 is 13.3. The van der Waals surface area contributed by atoms with E-state index < -0.39 is 0 Å². The molecule has 2 aromatic carbocycles. The highest BCUT2D eigenvalue weighted by Crippen LogP contribution is 2.34. The van der Waals surface area contributed by atoms with Gasteiger partial charge in [0, 0.05) is 15.6 Å². The lowest BCUT2D eigenvalue weighted by Gasteiger charge is -2.12. The molecule has 0 fully saturated rings. The van der Waals surface area contributed by atoms with E-state index >= 15 is 0 Å². The molecule has 3 aromatic rings. The fourth-order valence-corrected chi connectivity index (χ4v) is 3.67. The van der Waals surface area contributed by atoms with Crippen LogP contribution in [0.3, 0.4) is 0 Å². The highest BCUT2D eigenvalue weighted by molar-refractivity contribution is 7.15. The lowest BCUT2D eigenvalue weighted by molar-refractivity contribution is 0.0343. The summed E-state index contributed by atoms with van der Waals surface area (Å²) < 4.78 is 5.58. The molecule has 6 heteroatoms. The topological polar surface area (TPSA) is 39.2 Å². The second-order valence-electron chi connectivity index (χ2n) is 5.53. The van der Waals surface area contributed by atoms with Crippen LogP contribution in [0.1, 0.15) is 34.0 Å². The van der Waals surface area contributed by atoms with E-state index in [1.54, 1.807) is 24.3 Å². The van der Waals surface area contributed by atoms with Gasteiger partial charge >= 0.3 is 5.97 Å². The van der Waals surface area contributed by atoms with Gasteiger partial charge in [0.1, 0.15) is 11.1 Å². The van der Waals surface area contributed by atoms with Crippen molar-refractivity contribution in [1.29, 1.82) is 0 Å². The number of aromatic nitrogens is 1. The van der Waals surface area contributed by atoms with E-state index in [0.717, 1.165) is 21.1 Å². The van der Waals surface area contributed by atoms with E-state index in [-0.39, 0.29) is 12.1 Å². The number of esters is 1. The summed E-state index contributed by atoms with van der Waals surface area (Å²) in [4.78, 5) is 17.8. The number of nitrogens with zero attached hydrogens (tertiary/aromatic N) is 1. The van der Waals surface area contributed by atoms with Crippen molar-refractivity contribution in [2.75, 3.05) is 0 Å². The zero-order valence-corrected chi connectivity index (χ0v) is 16.0. The molecule has 3 nitrogen and oxygen atoms in total. The third kappa shape index (κ3) is 4.21. The van der Waals surface area contributed by atoms with Gasteiger partial charge in [-0.3, -0.25) is 0 Å². The van der Waals surface area contributed by atoms with Crippen LogP contribution < -0.4 is 0 Å². The van der Waals surface area contributed by atoms with E-state index in [9.17, 15) is 4.79 Å². The number of hydrogen-bond acceptors (Lipinski definition) is 4. The number of benzene rings is 2. The number of aryl methyl sites for hydroxylation is 1. The molecule has 3 rings (SSSR count). The molecule has 1 heterocycles. The van der Waals surface area contributed by atoms with Gasteiger partial charge in [-0.2, -0.15) is 0 Å². The minimum Gasteiger partial charge on any atom is -0.453 e. The van der Waals surface area contributed by atoms with Crippen LogP contribution in [0, 0.1) is 6.92 Å². The molecule has 0 saturated heterocycles. The Labute approximate surface area is 160 Å². The Hall–Kier alpha value is -1.88. The van der Waals surface area contributed by atoms with Crippen LogP contribution in [-0.4, -0.2) is 11.0 Å². The first kappa shape index (κ1) is 17.9. The maximum absolute atomic E-state index is 12.3. The molecule has 0 unspecified atom stereocenters. The quantitative estimate of drug-likeness (QED) is 0.486. The van der Waals surface area contributed by atoms with E-state index in [0.29, 0.717) is 15.6 Å². The van der Waals surface area contributed by atoms with Crippen molar-refractivity contribution in [1.82, 2.24) is 4.98 Å². The smallest absolute Gasteiger partial charge is 0.338 e. The Balaban J connectivity index is 1.78. The average Bonchev–Trinajstić information content (AvgIpc) is 2.98. The fourth-order valence-electron chi connectivity index (χ4n) is 2.37. The van der Waals surface area contributed by atoms with E-state index in [4.69, 9.17) is 27.9 Å². The molecule has 0 radical (unpaired) electrons. The highest BCUT2D eigenvalue weighted by atomic mass is 35.5. The Morgan fingerprint density at radius 1 is 1.04 bits per heavy atom. The van der Waals surface area contributed by atoms with Crippen LogP contribution in [0.5, 0.6) is 0 Å². The average molecular weight is 392 g/mol. The summed E-state index contributed by atoms with van der Waals surface area (Å²) in [6.07, 6.45) is -0.387. The van der Waals surface area contributed by atoms with Crippen molar-refractivity contribution < 1.29 is 9.53 Å². The monoisotopic (exact) mass is 391 g/mol. The minimum atomic E-state index is -0.387. The molecule has 1 atom stereocenters. The van der Waals surface area contributed by atoms with Crippen LogP contribution >= 0.6 is 34.5 Å². The summed E-state index contributed by atoms with van der Waals surface area (Å²) in [7, 11) is 0. The third-order valence-corrected chi connectivity index (χ3v) is 5.53. The predicted octanol–water partition coefficient (Wildman–Crippen LogP) is 6.34. The molecule has 0 aliphatic carbocycles. The lowest BCUT2D eigenvalue weighted by Crippen LogP contribution is -2.09. The first-order valence-corrected chi connectivity index (χ1v) is 9.21. The molecular formula is C19H15Cl2NO2S. The number of carbonyl (C=O) groups is 1. The summed E-state index contributed by atoms with van der Waals surface area (Å²) in [5.41, 5.74) is 2.31. The number of ether oxygens (including phenoxy) is 1. The first-order chi connectivity index (χ1) is 11.9. The summed E-state index contributed by atoms with van der Waals surface area (Å²) in [5.74, 6) is -0.384. The number of rotatable bonds is 4. The van der Waals surface area contributed by atoms with Crippen LogP contribution in [-0.2, 0) is 4.74 Å². The molecule has 0 saturated carbocycles. The van der Waals surface area contributed by atoms with Crippen LogP contribution in [0.4, 0.5) is 0 Å². The molecule has 128 valence electrons. The number of thiazole rings is 1. The number of halogens is 2. The van der Waals surface area contributed by atoms with Gasteiger partial charge in [-0.15, -0.1) is 11.3 Å². The van der Waals surface area contributed by atoms with Crippen molar-refractivity contribution >= 4 is 40.5 Å². The zero-order valence-electron chi connectivity index (χ0n) is 13.6. The van der Waals surface area contributed by atoms with Crippen molar-refractivity contribution in [2.24, 2.45) is 0 Å². The van der Waals surface area contributed by atoms with Gasteiger partial charge in [0.2, 0.25) is 0 Å². The predicted molar refractivity (Wildman–Crippen MR) is 103 cm³/mol. The van der Waals surface area contributed by atoms with Gasteiger partial charge in [-0.25, -0.2) is 9.78 Å². The largest absolute Gasteiger partial charge is 0.453 e. The van der Waals surface area contributed by atoms with Crippen LogP contribution in [0.15, 0.2) is 48.5 Å². The summed E-state index contributed by atoms with van der Waals surface area (Å²) in [6, 6.07) is 14.1. The van der Waals surface area contributed by atoms with Crippen molar-refractivity contribution in [2.45, 2.75) is 20.0 Å². The Morgan fingerprint density at radius 2 is 1.60 bits per heavy atom. The molecule has 1 aromatic heterocycles. The SMILES string of the molecule is Cc1nc(-c2ccc(Cl)cc2)sc1[C@H](C)OC(=O)c1ccc(Cl)cc1. The van der Waals surface area contributed by atoms with E-state index in [1.165, 1.54) is 11.3 Å². The third-order valence-electron chi connectivity index (χ3n) is 3.66. The first-order valence-electron chi connectivity index (χ1n) is 7.64. The van der Waals surface area contributed by atoms with Gasteiger partial charge in [0.25, 0.3) is 0 Å². The summed E-state index contributed by atoms with van der Waals surface area (Å²) in [5, 5.41) is 2.14. The van der Waals surface area contributed by atoms with Crippen molar-refractivity contribution in [3.63, 3.8) is 0 Å². The normalized spacial score (nSPS) is 12.0. The number of hydrogen-bond donors (Lipinski definition) is 0. The molecule has 25 heavy (non-hydrogen) atoms. The Morgan fingerprint density at radius 3 is 2.20 bits per heavy atom. The van der Waals surface area contributed by atoms with E-state index in [2.05, 4.69) is 4.98 Å². The second-order valence-corrected chi connectivity index (χ2v) is 7.43. The maximum atomic E-state index is 12.3. The van der Waals surface area contributed by atoms with Gasteiger partial charge in [0.05, 0.1) is 16.1 Å². The minimum absolute atomic E-state index is 0.384. The molecule has 0 bridgehead atoms. The van der Waals surface area contributed by atoms with Crippen LogP contribution in [0.2, 0.25) is 10.0 Å². The Bertz CT molecular complexity index is 889. The number of carbonyl (C=O) groups excluding carboxylic acids is 1. The Kier molecular flexibility index (Phi) is 5.42.